The molecule has 0 N–H and O–H groups in total. The summed E-state index contributed by atoms with van der Waals surface area (Å²) < 4.78 is 1.95. The molecule has 0 radical (unpaired) electrons. The molecule has 24 heavy (non-hydrogen) atoms. The molecule has 0 bridgehead atoms. The molecule has 4 nitrogen and oxygen atoms in total. The Morgan fingerprint density at radius 1 is 1.21 bits per heavy atom. The Kier molecular flexibility index (Phi) is 3.60. The number of benzene rings is 1. The van der Waals surface area contributed by atoms with Crippen molar-refractivity contribution in [1.29, 1.82) is 0 Å². The van der Waals surface area contributed by atoms with Gasteiger partial charge < -0.3 is 4.90 Å². The number of nitrogens with zero attached hydrogens (tertiary/aromatic N) is 3. The lowest BCUT2D eigenvalue weighted by Crippen LogP contribution is -2.36. The van der Waals surface area contributed by atoms with Gasteiger partial charge in [-0.2, -0.15) is 0 Å². The molecule has 0 spiro atoms. The van der Waals surface area contributed by atoms with Gasteiger partial charge >= 0.3 is 0 Å². The molecule has 1 aliphatic rings. The summed E-state index contributed by atoms with van der Waals surface area (Å²) in [6.45, 7) is 4.85. The second-order valence-electron chi connectivity index (χ2n) is 6.38. The van der Waals surface area contributed by atoms with Crippen LogP contribution in [0.3, 0.4) is 0 Å². The molecule has 0 saturated heterocycles. The van der Waals surface area contributed by atoms with Gasteiger partial charge in [-0.15, -0.1) is 0 Å². The van der Waals surface area contributed by atoms with E-state index in [0.717, 1.165) is 48.4 Å². The van der Waals surface area contributed by atoms with Crippen molar-refractivity contribution in [3.8, 4) is 0 Å². The number of aryl methyl sites for hydroxylation is 3. The minimum absolute atomic E-state index is 0.0529. The number of amides is 1. The third kappa shape index (κ3) is 2.30. The number of anilines is 1. The number of pyridine rings is 1. The maximum Gasteiger partial charge on any atom is 0.277 e. The Labute approximate surface area is 141 Å². The normalized spacial score (nSPS) is 14.0. The van der Waals surface area contributed by atoms with Crippen LogP contribution in [0.1, 0.15) is 40.7 Å². The van der Waals surface area contributed by atoms with Crippen molar-refractivity contribution in [2.75, 3.05) is 11.4 Å². The lowest BCUT2D eigenvalue weighted by Gasteiger charge is -2.29. The number of hydrogen-bond donors (Lipinski definition) is 0. The topological polar surface area (TPSA) is 37.6 Å². The highest BCUT2D eigenvalue weighted by Crippen LogP contribution is 2.29. The summed E-state index contributed by atoms with van der Waals surface area (Å²) in [5.74, 6) is 0.0529. The van der Waals surface area contributed by atoms with Gasteiger partial charge in [-0.25, -0.2) is 4.98 Å². The Balaban J connectivity index is 1.86. The van der Waals surface area contributed by atoms with Gasteiger partial charge in [0.1, 0.15) is 11.3 Å². The molecule has 1 amide bonds. The van der Waals surface area contributed by atoms with E-state index < -0.39 is 0 Å². The lowest BCUT2D eigenvalue weighted by atomic mass is 10.0. The first kappa shape index (κ1) is 14.9. The molecule has 122 valence electrons. The summed E-state index contributed by atoms with van der Waals surface area (Å²) in [6.07, 6.45) is 4.79. The van der Waals surface area contributed by atoms with Crippen LogP contribution in [0.2, 0.25) is 0 Å². The highest BCUT2D eigenvalue weighted by Gasteiger charge is 2.27. The van der Waals surface area contributed by atoms with Crippen molar-refractivity contribution in [3.05, 3.63) is 65.1 Å². The molecule has 0 saturated carbocycles. The van der Waals surface area contributed by atoms with Crippen LogP contribution in [0, 0.1) is 6.92 Å². The van der Waals surface area contributed by atoms with Gasteiger partial charge in [-0.3, -0.25) is 9.20 Å². The third-order valence-corrected chi connectivity index (χ3v) is 4.73. The van der Waals surface area contributed by atoms with E-state index in [1.165, 1.54) is 5.56 Å². The molecule has 0 aliphatic carbocycles. The fraction of sp³-hybridized carbons (Fsp3) is 0.300. The molecule has 2 aromatic heterocycles. The number of aromatic nitrogens is 2. The van der Waals surface area contributed by atoms with Gasteiger partial charge in [0.15, 0.2) is 0 Å². The van der Waals surface area contributed by atoms with Gasteiger partial charge in [-0.05, 0) is 49.4 Å². The average molecular weight is 319 g/mol. The van der Waals surface area contributed by atoms with Crippen LogP contribution < -0.4 is 4.90 Å². The van der Waals surface area contributed by atoms with Crippen LogP contribution in [0.25, 0.3) is 5.65 Å². The van der Waals surface area contributed by atoms with Gasteiger partial charge in [-0.1, -0.05) is 31.2 Å². The van der Waals surface area contributed by atoms with Crippen LogP contribution in [-0.2, 0) is 12.8 Å². The van der Waals surface area contributed by atoms with Crippen molar-refractivity contribution in [3.63, 3.8) is 0 Å². The van der Waals surface area contributed by atoms with E-state index in [0.29, 0.717) is 5.69 Å². The van der Waals surface area contributed by atoms with Crippen LogP contribution in [-0.4, -0.2) is 21.8 Å². The van der Waals surface area contributed by atoms with Crippen LogP contribution in [0.5, 0.6) is 0 Å². The van der Waals surface area contributed by atoms with E-state index >= 15 is 0 Å². The van der Waals surface area contributed by atoms with E-state index in [1.54, 1.807) is 0 Å². The lowest BCUT2D eigenvalue weighted by molar-refractivity contribution is 0.0978. The Morgan fingerprint density at radius 2 is 2.04 bits per heavy atom. The maximum atomic E-state index is 13.4. The van der Waals surface area contributed by atoms with E-state index in [-0.39, 0.29) is 5.91 Å². The van der Waals surface area contributed by atoms with Crippen LogP contribution in [0.15, 0.2) is 42.6 Å². The van der Waals surface area contributed by atoms with Crippen molar-refractivity contribution >= 4 is 17.2 Å². The van der Waals surface area contributed by atoms with Crippen molar-refractivity contribution in [1.82, 2.24) is 9.38 Å². The summed E-state index contributed by atoms with van der Waals surface area (Å²) in [5.41, 5.74) is 5.82. The Bertz CT molecular complexity index is 926. The highest BCUT2D eigenvalue weighted by molar-refractivity contribution is 6.07. The SMILES string of the molecule is CCc1nc2ccc(C)cn2c1C(=O)N1CCCc2ccccc21. The zero-order chi connectivity index (χ0) is 16.7. The Morgan fingerprint density at radius 3 is 2.88 bits per heavy atom. The summed E-state index contributed by atoms with van der Waals surface area (Å²) in [4.78, 5) is 20.0. The number of rotatable bonds is 2. The standard InChI is InChI=1S/C20H21N3O/c1-3-16-19(23-13-14(2)10-11-18(23)21-16)20(24)22-12-6-8-15-7-4-5-9-17(15)22/h4-5,7,9-11,13H,3,6,8,12H2,1-2H3. The molecule has 4 heteroatoms. The first-order valence-electron chi connectivity index (χ1n) is 8.56. The van der Waals surface area contributed by atoms with E-state index in [2.05, 4.69) is 18.0 Å². The van der Waals surface area contributed by atoms with Gasteiger partial charge in [0.05, 0.1) is 5.69 Å². The number of hydrogen-bond acceptors (Lipinski definition) is 2. The average Bonchev–Trinajstić information content (AvgIpc) is 2.98. The number of carbonyl (C=O) groups excluding carboxylic acids is 1. The molecule has 4 rings (SSSR count). The smallest absolute Gasteiger partial charge is 0.277 e. The van der Waals surface area contributed by atoms with Gasteiger partial charge in [0, 0.05) is 18.4 Å². The molecule has 1 aromatic carbocycles. The molecular formula is C20H21N3O. The molecule has 0 atom stereocenters. The summed E-state index contributed by atoms with van der Waals surface area (Å²) >= 11 is 0. The van der Waals surface area contributed by atoms with Crippen molar-refractivity contribution in [2.24, 2.45) is 0 Å². The predicted molar refractivity (Wildman–Crippen MR) is 95.7 cm³/mol. The fourth-order valence-electron chi connectivity index (χ4n) is 3.54. The Hall–Kier alpha value is -2.62. The molecule has 3 heterocycles. The molecule has 0 unspecified atom stereocenters. The second kappa shape index (κ2) is 5.78. The zero-order valence-electron chi connectivity index (χ0n) is 14.1. The minimum Gasteiger partial charge on any atom is -0.307 e. The van der Waals surface area contributed by atoms with Gasteiger partial charge in [0.2, 0.25) is 0 Å². The van der Waals surface area contributed by atoms with Crippen molar-refractivity contribution in [2.45, 2.75) is 33.1 Å². The third-order valence-electron chi connectivity index (χ3n) is 4.73. The summed E-state index contributed by atoms with van der Waals surface area (Å²) in [5, 5.41) is 0. The maximum absolute atomic E-state index is 13.4. The van der Waals surface area contributed by atoms with Crippen LogP contribution in [0.4, 0.5) is 5.69 Å². The number of para-hydroxylation sites is 1. The van der Waals surface area contributed by atoms with E-state index in [1.807, 2.05) is 52.8 Å². The first-order chi connectivity index (χ1) is 11.7. The molecule has 3 aromatic rings. The monoisotopic (exact) mass is 319 g/mol. The number of fused-ring (bicyclic) bond motifs is 2. The first-order valence-corrected chi connectivity index (χ1v) is 8.56. The largest absolute Gasteiger partial charge is 0.307 e. The number of carbonyl (C=O) groups is 1. The quantitative estimate of drug-likeness (QED) is 0.720. The fourth-order valence-corrected chi connectivity index (χ4v) is 3.54. The highest BCUT2D eigenvalue weighted by atomic mass is 16.2. The number of imidazole rings is 1. The van der Waals surface area contributed by atoms with Crippen molar-refractivity contribution < 1.29 is 4.79 Å². The van der Waals surface area contributed by atoms with Gasteiger partial charge in [0.25, 0.3) is 5.91 Å². The second-order valence-corrected chi connectivity index (χ2v) is 6.38. The summed E-state index contributed by atoms with van der Waals surface area (Å²) in [6, 6.07) is 12.2. The zero-order valence-corrected chi connectivity index (χ0v) is 14.1. The van der Waals surface area contributed by atoms with Crippen LogP contribution >= 0.6 is 0 Å². The predicted octanol–water partition coefficient (Wildman–Crippen LogP) is 3.80. The molecule has 0 fully saturated rings. The minimum atomic E-state index is 0.0529. The summed E-state index contributed by atoms with van der Waals surface area (Å²) in [7, 11) is 0. The molecule has 1 aliphatic heterocycles. The van der Waals surface area contributed by atoms with E-state index in [9.17, 15) is 4.79 Å². The molecular weight excluding hydrogens is 298 g/mol. The van der Waals surface area contributed by atoms with E-state index in [4.69, 9.17) is 0 Å².